The van der Waals surface area contributed by atoms with E-state index in [1.165, 1.54) is 0 Å². The summed E-state index contributed by atoms with van der Waals surface area (Å²) in [6.45, 7) is 6.84. The molecule has 0 aliphatic carbocycles. The molecule has 0 saturated heterocycles. The van der Waals surface area contributed by atoms with E-state index in [-0.39, 0.29) is 12.2 Å². The Labute approximate surface area is 97.7 Å². The Hall–Kier alpha value is -0.650. The Kier molecular flexibility index (Phi) is 10.4. The quantitative estimate of drug-likeness (QED) is 0.405. The van der Waals surface area contributed by atoms with Crippen LogP contribution in [0.15, 0.2) is 0 Å². The molecule has 0 fully saturated rings. The standard InChI is InChI=1S/C11H24N2O3/c1-3-15-11(16-4-2)7-9-13-8-5-6-10(12)14/h11,13H,3-9H2,1-2H3,(H2,12,14). The predicted molar refractivity (Wildman–Crippen MR) is 63.0 cm³/mol. The second-order valence-corrected chi connectivity index (χ2v) is 3.45. The SMILES string of the molecule is CCOC(CCNCCCC(N)=O)OCC. The lowest BCUT2D eigenvalue weighted by Gasteiger charge is -2.16. The lowest BCUT2D eigenvalue weighted by molar-refractivity contribution is -0.138. The van der Waals surface area contributed by atoms with E-state index in [2.05, 4.69) is 5.32 Å². The van der Waals surface area contributed by atoms with Gasteiger partial charge in [-0.05, 0) is 33.4 Å². The van der Waals surface area contributed by atoms with Crippen LogP contribution in [0.5, 0.6) is 0 Å². The molecule has 0 spiro atoms. The van der Waals surface area contributed by atoms with Crippen molar-refractivity contribution < 1.29 is 14.3 Å². The first-order valence-electron chi connectivity index (χ1n) is 5.92. The summed E-state index contributed by atoms with van der Waals surface area (Å²) in [5.41, 5.74) is 5.03. The van der Waals surface area contributed by atoms with Crippen molar-refractivity contribution in [1.29, 1.82) is 0 Å². The van der Waals surface area contributed by atoms with Crippen LogP contribution in [0, 0.1) is 0 Å². The molecular weight excluding hydrogens is 208 g/mol. The van der Waals surface area contributed by atoms with Crippen molar-refractivity contribution in [3.05, 3.63) is 0 Å². The van der Waals surface area contributed by atoms with Crippen LogP contribution >= 0.6 is 0 Å². The fourth-order valence-electron chi connectivity index (χ4n) is 1.32. The van der Waals surface area contributed by atoms with E-state index in [0.717, 1.165) is 25.9 Å². The van der Waals surface area contributed by atoms with Gasteiger partial charge in [0.15, 0.2) is 6.29 Å². The second kappa shape index (κ2) is 10.9. The molecule has 0 atom stereocenters. The molecule has 0 rings (SSSR count). The summed E-state index contributed by atoms with van der Waals surface area (Å²) >= 11 is 0. The highest BCUT2D eigenvalue weighted by molar-refractivity contribution is 5.73. The molecule has 0 aliphatic heterocycles. The predicted octanol–water partition coefficient (Wildman–Crippen LogP) is 0.631. The Morgan fingerprint density at radius 3 is 2.38 bits per heavy atom. The third kappa shape index (κ3) is 9.89. The minimum Gasteiger partial charge on any atom is -0.370 e. The van der Waals surface area contributed by atoms with Crippen LogP contribution in [0.25, 0.3) is 0 Å². The van der Waals surface area contributed by atoms with E-state index in [4.69, 9.17) is 15.2 Å². The van der Waals surface area contributed by atoms with Crippen molar-refractivity contribution in [3.63, 3.8) is 0 Å². The molecule has 16 heavy (non-hydrogen) atoms. The van der Waals surface area contributed by atoms with Crippen molar-refractivity contribution in [1.82, 2.24) is 5.32 Å². The molecule has 0 heterocycles. The van der Waals surface area contributed by atoms with Crippen LogP contribution in [0.3, 0.4) is 0 Å². The van der Waals surface area contributed by atoms with Crippen LogP contribution in [0.2, 0.25) is 0 Å². The summed E-state index contributed by atoms with van der Waals surface area (Å²) in [5, 5.41) is 3.22. The smallest absolute Gasteiger partial charge is 0.217 e. The topological polar surface area (TPSA) is 73.6 Å². The summed E-state index contributed by atoms with van der Waals surface area (Å²) < 4.78 is 10.8. The van der Waals surface area contributed by atoms with Crippen molar-refractivity contribution in [2.75, 3.05) is 26.3 Å². The number of amides is 1. The molecule has 5 heteroatoms. The first kappa shape index (κ1) is 15.3. The molecule has 0 aliphatic rings. The number of hydrogen-bond donors (Lipinski definition) is 2. The van der Waals surface area contributed by atoms with Gasteiger partial charge in [-0.3, -0.25) is 4.79 Å². The number of primary amides is 1. The third-order valence-corrected chi connectivity index (χ3v) is 2.04. The van der Waals surface area contributed by atoms with E-state index >= 15 is 0 Å². The van der Waals surface area contributed by atoms with Gasteiger partial charge >= 0.3 is 0 Å². The molecule has 3 N–H and O–H groups in total. The molecule has 0 aromatic rings. The maximum atomic E-state index is 10.5. The molecule has 96 valence electrons. The molecule has 5 nitrogen and oxygen atoms in total. The van der Waals surface area contributed by atoms with Crippen molar-refractivity contribution >= 4 is 5.91 Å². The minimum atomic E-state index is -0.247. The van der Waals surface area contributed by atoms with Gasteiger partial charge in [-0.1, -0.05) is 0 Å². The number of ether oxygens (including phenoxy) is 2. The maximum Gasteiger partial charge on any atom is 0.217 e. The summed E-state index contributed by atoms with van der Waals surface area (Å²) in [6, 6.07) is 0. The van der Waals surface area contributed by atoms with Gasteiger partial charge in [-0.25, -0.2) is 0 Å². The first-order valence-corrected chi connectivity index (χ1v) is 5.92. The van der Waals surface area contributed by atoms with E-state index in [1.807, 2.05) is 13.8 Å². The summed E-state index contributed by atoms with van der Waals surface area (Å²) in [5.74, 6) is -0.247. The van der Waals surface area contributed by atoms with E-state index in [1.54, 1.807) is 0 Å². The summed E-state index contributed by atoms with van der Waals surface area (Å²) in [6.07, 6.45) is 1.91. The van der Waals surface area contributed by atoms with Gasteiger partial charge in [0.25, 0.3) is 0 Å². The van der Waals surface area contributed by atoms with Gasteiger partial charge in [0.1, 0.15) is 0 Å². The minimum absolute atomic E-state index is 0.126. The number of nitrogens with two attached hydrogens (primary N) is 1. The summed E-state index contributed by atoms with van der Waals surface area (Å²) in [7, 11) is 0. The molecule has 0 aromatic carbocycles. The molecule has 0 unspecified atom stereocenters. The molecule has 0 aromatic heterocycles. The lowest BCUT2D eigenvalue weighted by atomic mass is 10.3. The number of rotatable bonds is 11. The fraction of sp³-hybridized carbons (Fsp3) is 0.909. The lowest BCUT2D eigenvalue weighted by Crippen LogP contribution is -2.26. The number of nitrogens with one attached hydrogen (secondary N) is 1. The van der Waals surface area contributed by atoms with Gasteiger partial charge in [-0.2, -0.15) is 0 Å². The normalized spacial score (nSPS) is 10.9. The average molecular weight is 232 g/mol. The zero-order chi connectivity index (χ0) is 12.2. The Balaban J connectivity index is 3.35. The molecule has 0 saturated carbocycles. The Morgan fingerprint density at radius 2 is 1.88 bits per heavy atom. The third-order valence-electron chi connectivity index (χ3n) is 2.04. The van der Waals surface area contributed by atoms with Crippen molar-refractivity contribution in [2.24, 2.45) is 5.73 Å². The van der Waals surface area contributed by atoms with Gasteiger partial charge in [0, 0.05) is 26.1 Å². The summed E-state index contributed by atoms with van der Waals surface area (Å²) in [4.78, 5) is 10.5. The highest BCUT2D eigenvalue weighted by Crippen LogP contribution is 1.99. The number of carbonyl (C=O) groups excluding carboxylic acids is 1. The highest BCUT2D eigenvalue weighted by atomic mass is 16.7. The van der Waals surface area contributed by atoms with Crippen LogP contribution < -0.4 is 11.1 Å². The highest BCUT2D eigenvalue weighted by Gasteiger charge is 2.06. The Bertz CT molecular complexity index is 171. The molecule has 0 radical (unpaired) electrons. The van der Waals surface area contributed by atoms with Crippen molar-refractivity contribution in [3.8, 4) is 0 Å². The van der Waals surface area contributed by atoms with E-state index in [0.29, 0.717) is 19.6 Å². The van der Waals surface area contributed by atoms with Crippen LogP contribution in [0.4, 0.5) is 0 Å². The van der Waals surface area contributed by atoms with Gasteiger partial charge < -0.3 is 20.5 Å². The van der Waals surface area contributed by atoms with E-state index < -0.39 is 0 Å². The molecule has 0 bridgehead atoms. The van der Waals surface area contributed by atoms with Crippen LogP contribution in [0.1, 0.15) is 33.1 Å². The largest absolute Gasteiger partial charge is 0.370 e. The maximum absolute atomic E-state index is 10.5. The van der Waals surface area contributed by atoms with Gasteiger partial charge in [-0.15, -0.1) is 0 Å². The fourth-order valence-corrected chi connectivity index (χ4v) is 1.32. The zero-order valence-electron chi connectivity index (χ0n) is 10.3. The number of carbonyl (C=O) groups is 1. The van der Waals surface area contributed by atoms with Crippen LogP contribution in [-0.4, -0.2) is 38.5 Å². The van der Waals surface area contributed by atoms with Crippen molar-refractivity contribution in [2.45, 2.75) is 39.4 Å². The number of hydrogen-bond acceptors (Lipinski definition) is 4. The van der Waals surface area contributed by atoms with Crippen LogP contribution in [-0.2, 0) is 14.3 Å². The zero-order valence-corrected chi connectivity index (χ0v) is 10.3. The molecular formula is C11H24N2O3. The van der Waals surface area contributed by atoms with Gasteiger partial charge in [0.05, 0.1) is 0 Å². The van der Waals surface area contributed by atoms with E-state index in [9.17, 15) is 4.79 Å². The Morgan fingerprint density at radius 1 is 1.25 bits per heavy atom. The molecule has 1 amide bonds. The monoisotopic (exact) mass is 232 g/mol. The second-order valence-electron chi connectivity index (χ2n) is 3.45. The van der Waals surface area contributed by atoms with Gasteiger partial charge in [0.2, 0.25) is 5.91 Å². The first-order chi connectivity index (χ1) is 7.70. The average Bonchev–Trinajstić information content (AvgIpc) is 2.23.